The van der Waals surface area contributed by atoms with Crippen LogP contribution in [0.25, 0.3) is 22.6 Å². The first-order valence-electron chi connectivity index (χ1n) is 6.73. The van der Waals surface area contributed by atoms with Gasteiger partial charge in [0.25, 0.3) is 0 Å². The molecule has 0 radical (unpaired) electrons. The van der Waals surface area contributed by atoms with Crippen LogP contribution in [0.5, 0.6) is 0 Å². The van der Waals surface area contributed by atoms with Gasteiger partial charge in [0.05, 0.1) is 17.8 Å². The van der Waals surface area contributed by atoms with Crippen LogP contribution in [0.2, 0.25) is 0 Å². The van der Waals surface area contributed by atoms with E-state index in [2.05, 4.69) is 20.3 Å². The standard InChI is InChI=1S/C15H17N5O/c1-15(2,21)9-20-14(16-10-18-20)12-5-3-11(4-6-12)13-7-8-17-19-13/h3-8,10,21H,9H2,1-2H3,(H,17,19). The van der Waals surface area contributed by atoms with Crippen LogP contribution in [-0.2, 0) is 6.54 Å². The maximum Gasteiger partial charge on any atom is 0.158 e. The van der Waals surface area contributed by atoms with Crippen molar-refractivity contribution in [3.05, 3.63) is 42.9 Å². The first-order chi connectivity index (χ1) is 10.0. The third kappa shape index (κ3) is 3.00. The Morgan fingerprint density at radius 3 is 2.48 bits per heavy atom. The Morgan fingerprint density at radius 2 is 1.86 bits per heavy atom. The fraction of sp³-hybridized carbons (Fsp3) is 0.267. The van der Waals surface area contributed by atoms with E-state index in [0.717, 1.165) is 22.6 Å². The summed E-state index contributed by atoms with van der Waals surface area (Å²) in [6, 6.07) is 9.91. The maximum absolute atomic E-state index is 9.93. The Morgan fingerprint density at radius 1 is 1.14 bits per heavy atom. The molecule has 0 spiro atoms. The van der Waals surface area contributed by atoms with Crippen molar-refractivity contribution in [2.24, 2.45) is 0 Å². The molecule has 0 aliphatic rings. The zero-order valence-electron chi connectivity index (χ0n) is 12.0. The van der Waals surface area contributed by atoms with E-state index >= 15 is 0 Å². The predicted octanol–water partition coefficient (Wildman–Crippen LogP) is 2.11. The van der Waals surface area contributed by atoms with Crippen LogP contribution in [0.1, 0.15) is 13.8 Å². The molecule has 1 aromatic carbocycles. The van der Waals surface area contributed by atoms with E-state index in [9.17, 15) is 5.11 Å². The average Bonchev–Trinajstić information content (AvgIpc) is 3.08. The third-order valence-electron chi connectivity index (χ3n) is 3.11. The molecule has 0 amide bonds. The van der Waals surface area contributed by atoms with Crippen molar-refractivity contribution in [1.82, 2.24) is 25.0 Å². The Kier molecular flexibility index (Phi) is 3.31. The summed E-state index contributed by atoms with van der Waals surface area (Å²) in [5.41, 5.74) is 2.16. The number of hydrogen-bond acceptors (Lipinski definition) is 4. The van der Waals surface area contributed by atoms with Gasteiger partial charge in [0.1, 0.15) is 6.33 Å². The zero-order valence-corrected chi connectivity index (χ0v) is 12.0. The van der Waals surface area contributed by atoms with Gasteiger partial charge in [-0.15, -0.1) is 0 Å². The molecule has 0 aliphatic heterocycles. The first kappa shape index (κ1) is 13.5. The van der Waals surface area contributed by atoms with Crippen molar-refractivity contribution in [3.8, 4) is 22.6 Å². The molecular weight excluding hydrogens is 266 g/mol. The number of benzene rings is 1. The number of nitrogens with zero attached hydrogens (tertiary/aromatic N) is 4. The van der Waals surface area contributed by atoms with Crippen LogP contribution in [0.4, 0.5) is 0 Å². The van der Waals surface area contributed by atoms with Crippen LogP contribution in [0.3, 0.4) is 0 Å². The summed E-state index contributed by atoms with van der Waals surface area (Å²) in [4.78, 5) is 4.28. The number of nitrogens with one attached hydrogen (secondary N) is 1. The lowest BCUT2D eigenvalue weighted by molar-refractivity contribution is 0.0582. The highest BCUT2D eigenvalue weighted by atomic mass is 16.3. The zero-order chi connectivity index (χ0) is 14.9. The highest BCUT2D eigenvalue weighted by molar-refractivity contribution is 5.64. The molecule has 0 atom stereocenters. The Hall–Kier alpha value is -2.47. The lowest BCUT2D eigenvalue weighted by Crippen LogP contribution is -2.27. The monoisotopic (exact) mass is 283 g/mol. The van der Waals surface area contributed by atoms with Gasteiger partial charge in [-0.05, 0) is 25.5 Å². The van der Waals surface area contributed by atoms with Gasteiger partial charge in [0.2, 0.25) is 0 Å². The van der Waals surface area contributed by atoms with E-state index in [-0.39, 0.29) is 0 Å². The smallest absolute Gasteiger partial charge is 0.158 e. The Balaban J connectivity index is 1.90. The van der Waals surface area contributed by atoms with Crippen molar-refractivity contribution in [2.45, 2.75) is 26.0 Å². The van der Waals surface area contributed by atoms with Gasteiger partial charge in [0.15, 0.2) is 5.82 Å². The summed E-state index contributed by atoms with van der Waals surface area (Å²) in [6.07, 6.45) is 3.23. The quantitative estimate of drug-likeness (QED) is 0.768. The molecule has 2 heterocycles. The molecule has 6 nitrogen and oxygen atoms in total. The lowest BCUT2D eigenvalue weighted by Gasteiger charge is -2.18. The van der Waals surface area contributed by atoms with Gasteiger partial charge < -0.3 is 5.11 Å². The van der Waals surface area contributed by atoms with Crippen molar-refractivity contribution in [1.29, 1.82) is 0 Å². The Bertz CT molecular complexity index is 707. The number of rotatable bonds is 4. The molecule has 0 saturated carbocycles. The summed E-state index contributed by atoms with van der Waals surface area (Å²) in [5, 5.41) is 21.0. The fourth-order valence-electron chi connectivity index (χ4n) is 2.19. The SMILES string of the molecule is CC(C)(O)Cn1ncnc1-c1ccc(-c2ccn[nH]2)cc1. The largest absolute Gasteiger partial charge is 0.389 e. The van der Waals surface area contributed by atoms with Crippen molar-refractivity contribution < 1.29 is 5.11 Å². The maximum atomic E-state index is 9.93. The number of aliphatic hydroxyl groups is 1. The summed E-state index contributed by atoms with van der Waals surface area (Å²) >= 11 is 0. The van der Waals surface area contributed by atoms with E-state index in [1.54, 1.807) is 24.7 Å². The second-order valence-electron chi connectivity index (χ2n) is 5.60. The Labute approximate surface area is 122 Å². The number of hydrogen-bond donors (Lipinski definition) is 2. The number of aromatic amines is 1. The van der Waals surface area contributed by atoms with Gasteiger partial charge in [-0.2, -0.15) is 10.2 Å². The molecule has 0 bridgehead atoms. The van der Waals surface area contributed by atoms with E-state index in [1.807, 2.05) is 30.3 Å². The van der Waals surface area contributed by atoms with E-state index < -0.39 is 5.60 Å². The van der Waals surface area contributed by atoms with Crippen molar-refractivity contribution in [3.63, 3.8) is 0 Å². The van der Waals surface area contributed by atoms with E-state index in [4.69, 9.17) is 0 Å². The van der Waals surface area contributed by atoms with Crippen LogP contribution < -0.4 is 0 Å². The van der Waals surface area contributed by atoms with E-state index in [0.29, 0.717) is 6.54 Å². The van der Waals surface area contributed by atoms with Crippen LogP contribution in [0, 0.1) is 0 Å². The summed E-state index contributed by atoms with van der Waals surface area (Å²) < 4.78 is 1.71. The molecule has 6 heteroatoms. The minimum Gasteiger partial charge on any atom is -0.389 e. The highest BCUT2D eigenvalue weighted by Gasteiger charge is 2.17. The van der Waals surface area contributed by atoms with Crippen LogP contribution in [0.15, 0.2) is 42.9 Å². The summed E-state index contributed by atoms with van der Waals surface area (Å²) in [5.74, 6) is 0.744. The van der Waals surface area contributed by atoms with Crippen molar-refractivity contribution >= 4 is 0 Å². The lowest BCUT2D eigenvalue weighted by atomic mass is 10.1. The molecule has 0 fully saturated rings. The summed E-state index contributed by atoms with van der Waals surface area (Å²) in [7, 11) is 0. The predicted molar refractivity (Wildman–Crippen MR) is 79.3 cm³/mol. The molecule has 0 unspecified atom stereocenters. The topological polar surface area (TPSA) is 79.6 Å². The second-order valence-corrected chi connectivity index (χ2v) is 5.60. The molecule has 108 valence electrons. The second kappa shape index (κ2) is 5.14. The third-order valence-corrected chi connectivity index (χ3v) is 3.11. The van der Waals surface area contributed by atoms with Gasteiger partial charge in [-0.1, -0.05) is 24.3 Å². The molecule has 3 aromatic rings. The van der Waals surface area contributed by atoms with Gasteiger partial charge >= 0.3 is 0 Å². The number of H-pyrrole nitrogens is 1. The molecule has 0 aliphatic carbocycles. The minimum absolute atomic E-state index is 0.393. The van der Waals surface area contributed by atoms with Gasteiger partial charge in [-0.25, -0.2) is 9.67 Å². The molecule has 0 saturated heterocycles. The highest BCUT2D eigenvalue weighted by Crippen LogP contribution is 2.22. The normalized spacial score (nSPS) is 11.8. The summed E-state index contributed by atoms with van der Waals surface area (Å²) in [6.45, 7) is 3.89. The average molecular weight is 283 g/mol. The molecule has 2 N–H and O–H groups in total. The van der Waals surface area contributed by atoms with Gasteiger partial charge in [-0.3, -0.25) is 5.10 Å². The number of aromatic nitrogens is 5. The van der Waals surface area contributed by atoms with Gasteiger partial charge in [0, 0.05) is 11.8 Å². The van der Waals surface area contributed by atoms with E-state index in [1.165, 1.54) is 6.33 Å². The van der Waals surface area contributed by atoms with Crippen molar-refractivity contribution in [2.75, 3.05) is 0 Å². The first-order valence-corrected chi connectivity index (χ1v) is 6.73. The molecule has 3 rings (SSSR count). The molecule has 2 aromatic heterocycles. The van der Waals surface area contributed by atoms with Crippen LogP contribution >= 0.6 is 0 Å². The van der Waals surface area contributed by atoms with Crippen LogP contribution in [-0.4, -0.2) is 35.7 Å². The fourth-order valence-corrected chi connectivity index (χ4v) is 2.19. The molecule has 21 heavy (non-hydrogen) atoms. The molecular formula is C15H17N5O. The minimum atomic E-state index is -0.835.